The van der Waals surface area contributed by atoms with Crippen LogP contribution in [0.4, 0.5) is 8.78 Å². The normalized spacial score (nSPS) is 45.8. The zero-order valence-electron chi connectivity index (χ0n) is 18.1. The Morgan fingerprint density at radius 2 is 1.83 bits per heavy atom. The molecule has 0 bridgehead atoms. The highest BCUT2D eigenvalue weighted by atomic mass is 19.3. The lowest BCUT2D eigenvalue weighted by Crippen LogP contribution is -2.60. The number of carbonyl (C=O) groups is 2. The summed E-state index contributed by atoms with van der Waals surface area (Å²) in [6.45, 7) is 4.40. The van der Waals surface area contributed by atoms with Crippen molar-refractivity contribution in [3.05, 3.63) is 0 Å². The second-order valence-corrected chi connectivity index (χ2v) is 10.9. The number of ether oxygens (including phenoxy) is 1. The summed E-state index contributed by atoms with van der Waals surface area (Å²) in [7, 11) is 1.42. The molecule has 7 unspecified atom stereocenters. The van der Waals surface area contributed by atoms with E-state index in [4.69, 9.17) is 4.74 Å². The van der Waals surface area contributed by atoms with Crippen molar-refractivity contribution in [3.8, 4) is 0 Å². The van der Waals surface area contributed by atoms with Gasteiger partial charge in [-0.15, -0.1) is 0 Å². The minimum Gasteiger partial charge on any atom is -0.469 e. The minimum absolute atomic E-state index is 0.0257. The SMILES string of the molecule is COC(=O)CCCC1CCC2C3CC(F)(F)C4CC(=O)CCC4(C)C3CCC12C. The molecule has 0 radical (unpaired) electrons. The molecule has 3 nitrogen and oxygen atoms in total. The van der Waals surface area contributed by atoms with Crippen LogP contribution in [0.2, 0.25) is 0 Å². The molecular weight excluding hydrogens is 374 g/mol. The third-order valence-corrected chi connectivity index (χ3v) is 9.83. The first-order valence-electron chi connectivity index (χ1n) is 11.6. The number of alkyl halides is 2. The smallest absolute Gasteiger partial charge is 0.305 e. The summed E-state index contributed by atoms with van der Waals surface area (Å²) < 4.78 is 35.4. The molecule has 4 saturated carbocycles. The lowest BCUT2D eigenvalue weighted by atomic mass is 9.44. The van der Waals surface area contributed by atoms with Crippen molar-refractivity contribution in [1.82, 2.24) is 0 Å². The standard InChI is InChI=1S/C24H36F2O3/c1-22-12-10-19-17(18(22)8-7-15(22)5-4-6-21(28)29-3)14-24(25,26)20-13-16(27)9-11-23(19,20)2/h15,17-20H,4-14H2,1-3H3. The van der Waals surface area contributed by atoms with E-state index in [1.54, 1.807) is 0 Å². The average Bonchev–Trinajstić information content (AvgIpc) is 3.00. The number of halogens is 2. The van der Waals surface area contributed by atoms with Crippen LogP contribution in [-0.2, 0) is 14.3 Å². The van der Waals surface area contributed by atoms with Crippen LogP contribution in [0.3, 0.4) is 0 Å². The Morgan fingerprint density at radius 3 is 2.55 bits per heavy atom. The van der Waals surface area contributed by atoms with Crippen molar-refractivity contribution < 1.29 is 23.1 Å². The van der Waals surface area contributed by atoms with Gasteiger partial charge in [-0.2, -0.15) is 0 Å². The van der Waals surface area contributed by atoms with Crippen molar-refractivity contribution in [2.75, 3.05) is 7.11 Å². The van der Waals surface area contributed by atoms with Crippen LogP contribution in [0.25, 0.3) is 0 Å². The summed E-state index contributed by atoms with van der Waals surface area (Å²) >= 11 is 0. The molecular formula is C24H36F2O3. The minimum atomic E-state index is -2.73. The van der Waals surface area contributed by atoms with Crippen molar-refractivity contribution in [1.29, 1.82) is 0 Å². The Labute approximate surface area is 173 Å². The van der Waals surface area contributed by atoms with Gasteiger partial charge in [-0.3, -0.25) is 9.59 Å². The van der Waals surface area contributed by atoms with Gasteiger partial charge in [0.25, 0.3) is 5.92 Å². The zero-order chi connectivity index (χ0) is 21.0. The van der Waals surface area contributed by atoms with Gasteiger partial charge in [-0.25, -0.2) is 8.78 Å². The molecule has 4 aliphatic rings. The van der Waals surface area contributed by atoms with Gasteiger partial charge < -0.3 is 4.74 Å². The first-order chi connectivity index (χ1) is 13.6. The molecule has 0 aromatic heterocycles. The summed E-state index contributed by atoms with van der Waals surface area (Å²) in [5.41, 5.74) is -0.286. The van der Waals surface area contributed by atoms with Gasteiger partial charge >= 0.3 is 5.97 Å². The van der Waals surface area contributed by atoms with Crippen molar-refractivity contribution in [3.63, 3.8) is 0 Å². The molecule has 5 heteroatoms. The Kier molecular flexibility index (Phi) is 5.35. The maximum Gasteiger partial charge on any atom is 0.305 e. The largest absolute Gasteiger partial charge is 0.469 e. The fourth-order valence-electron chi connectivity index (χ4n) is 8.25. The number of hydrogen-bond donors (Lipinski definition) is 0. The third kappa shape index (κ3) is 3.35. The lowest BCUT2D eigenvalue weighted by Gasteiger charge is -2.62. The van der Waals surface area contributed by atoms with Crippen LogP contribution in [-0.4, -0.2) is 24.8 Å². The molecule has 0 aliphatic heterocycles. The molecule has 4 rings (SSSR count). The van der Waals surface area contributed by atoms with Gasteiger partial charge in [0.1, 0.15) is 5.78 Å². The van der Waals surface area contributed by atoms with E-state index in [0.717, 1.165) is 38.5 Å². The predicted octanol–water partition coefficient (Wildman–Crippen LogP) is 5.80. The highest BCUT2D eigenvalue weighted by Crippen LogP contribution is 2.70. The number of fused-ring (bicyclic) bond motifs is 5. The molecule has 0 aromatic carbocycles. The first-order valence-corrected chi connectivity index (χ1v) is 11.6. The predicted molar refractivity (Wildman–Crippen MR) is 106 cm³/mol. The van der Waals surface area contributed by atoms with Crippen LogP contribution in [0.1, 0.15) is 84.5 Å². The molecule has 0 saturated heterocycles. The number of carbonyl (C=O) groups excluding carboxylic acids is 2. The van der Waals surface area contributed by atoms with Gasteiger partial charge in [0, 0.05) is 31.6 Å². The highest BCUT2D eigenvalue weighted by Gasteiger charge is 2.66. The molecule has 0 aromatic rings. The van der Waals surface area contributed by atoms with E-state index in [1.165, 1.54) is 7.11 Å². The molecule has 0 N–H and O–H groups in total. The summed E-state index contributed by atoms with van der Waals surface area (Å²) in [6, 6.07) is 0. The van der Waals surface area contributed by atoms with Crippen LogP contribution in [0.5, 0.6) is 0 Å². The van der Waals surface area contributed by atoms with Crippen LogP contribution in [0, 0.1) is 40.4 Å². The van der Waals surface area contributed by atoms with Gasteiger partial charge in [0.05, 0.1) is 7.11 Å². The molecule has 0 amide bonds. The average molecular weight is 411 g/mol. The molecule has 0 spiro atoms. The fourth-order valence-corrected chi connectivity index (χ4v) is 8.25. The monoisotopic (exact) mass is 410 g/mol. The van der Waals surface area contributed by atoms with Crippen LogP contribution >= 0.6 is 0 Å². The number of esters is 1. The summed E-state index contributed by atoms with van der Waals surface area (Å²) in [6.07, 6.45) is 7.68. The second kappa shape index (κ2) is 7.30. The second-order valence-electron chi connectivity index (χ2n) is 10.9. The lowest BCUT2D eigenvalue weighted by molar-refractivity contribution is -0.223. The molecule has 0 heterocycles. The Balaban J connectivity index is 1.53. The molecule has 164 valence electrons. The van der Waals surface area contributed by atoms with E-state index in [9.17, 15) is 9.59 Å². The maximum atomic E-state index is 15.3. The van der Waals surface area contributed by atoms with E-state index in [-0.39, 0.29) is 35.9 Å². The van der Waals surface area contributed by atoms with Crippen molar-refractivity contribution >= 4 is 11.8 Å². The Bertz CT molecular complexity index is 677. The fraction of sp³-hybridized carbons (Fsp3) is 0.917. The summed E-state index contributed by atoms with van der Waals surface area (Å²) in [5.74, 6) is -2.36. The molecule has 7 atom stereocenters. The number of methoxy groups -OCH3 is 1. The topological polar surface area (TPSA) is 43.4 Å². The van der Waals surface area contributed by atoms with E-state index in [2.05, 4.69) is 13.8 Å². The maximum absolute atomic E-state index is 15.3. The van der Waals surface area contributed by atoms with E-state index in [0.29, 0.717) is 37.0 Å². The number of hydrogen-bond acceptors (Lipinski definition) is 3. The third-order valence-electron chi connectivity index (χ3n) is 9.83. The van der Waals surface area contributed by atoms with Gasteiger partial charge in [0.15, 0.2) is 0 Å². The number of rotatable bonds is 4. The van der Waals surface area contributed by atoms with Crippen LogP contribution in [0.15, 0.2) is 0 Å². The summed E-state index contributed by atoms with van der Waals surface area (Å²) in [4.78, 5) is 23.5. The van der Waals surface area contributed by atoms with Gasteiger partial charge in [-0.05, 0) is 79.4 Å². The Morgan fingerprint density at radius 1 is 1.10 bits per heavy atom. The highest BCUT2D eigenvalue weighted by molar-refractivity contribution is 5.80. The van der Waals surface area contributed by atoms with Crippen LogP contribution < -0.4 is 0 Å². The van der Waals surface area contributed by atoms with E-state index < -0.39 is 17.3 Å². The zero-order valence-corrected chi connectivity index (χ0v) is 18.1. The quantitative estimate of drug-likeness (QED) is 0.550. The van der Waals surface area contributed by atoms with Gasteiger partial charge in [-0.1, -0.05) is 13.8 Å². The van der Waals surface area contributed by atoms with Crippen molar-refractivity contribution in [2.24, 2.45) is 40.4 Å². The summed E-state index contributed by atoms with van der Waals surface area (Å²) in [5, 5.41) is 0. The molecule has 29 heavy (non-hydrogen) atoms. The number of ketones is 1. The Hall–Kier alpha value is -1.00. The van der Waals surface area contributed by atoms with Crippen molar-refractivity contribution in [2.45, 2.75) is 90.4 Å². The van der Waals surface area contributed by atoms with E-state index >= 15 is 8.78 Å². The van der Waals surface area contributed by atoms with E-state index in [1.807, 2.05) is 0 Å². The first kappa shape index (κ1) is 21.2. The van der Waals surface area contributed by atoms with Gasteiger partial charge in [0.2, 0.25) is 0 Å². The molecule has 4 aliphatic carbocycles. The molecule has 4 fully saturated rings. The number of Topliss-reactive ketones (excluding diaryl/α,β-unsaturated/α-hetero) is 1.